The second kappa shape index (κ2) is 6.44. The highest BCUT2D eigenvalue weighted by atomic mass is 19.4. The molecule has 26 heavy (non-hydrogen) atoms. The minimum Gasteiger partial charge on any atom is -0.283 e. The molecule has 0 aliphatic heterocycles. The highest BCUT2D eigenvalue weighted by Gasteiger charge is 2.31. The average Bonchev–Trinajstić information content (AvgIpc) is 3.00. The summed E-state index contributed by atoms with van der Waals surface area (Å²) in [7, 11) is 0. The van der Waals surface area contributed by atoms with Crippen molar-refractivity contribution in [2.75, 3.05) is 0 Å². The van der Waals surface area contributed by atoms with Crippen molar-refractivity contribution >= 4 is 28.7 Å². The Morgan fingerprint density at radius 2 is 1.81 bits per heavy atom. The van der Waals surface area contributed by atoms with Gasteiger partial charge in [0.15, 0.2) is 0 Å². The molecule has 0 N–H and O–H groups in total. The van der Waals surface area contributed by atoms with Crippen molar-refractivity contribution in [2.45, 2.75) is 26.9 Å². The summed E-state index contributed by atoms with van der Waals surface area (Å²) in [5, 5.41) is 0.577. The van der Waals surface area contributed by atoms with Crippen molar-refractivity contribution in [1.82, 2.24) is 4.57 Å². The summed E-state index contributed by atoms with van der Waals surface area (Å²) in [6.45, 7) is 5.43. The van der Waals surface area contributed by atoms with Gasteiger partial charge in [-0.15, -0.1) is 0 Å². The Labute approximate surface area is 148 Å². The van der Waals surface area contributed by atoms with Crippen LogP contribution in [0.25, 0.3) is 10.9 Å². The highest BCUT2D eigenvalue weighted by Crippen LogP contribution is 2.32. The van der Waals surface area contributed by atoms with E-state index in [-0.39, 0.29) is 11.4 Å². The Morgan fingerprint density at radius 1 is 1.08 bits per heavy atom. The molecule has 0 unspecified atom stereocenters. The van der Waals surface area contributed by atoms with Gasteiger partial charge >= 0.3 is 6.18 Å². The van der Waals surface area contributed by atoms with Gasteiger partial charge in [-0.1, -0.05) is 6.07 Å². The second-order valence-corrected chi connectivity index (χ2v) is 6.10. The van der Waals surface area contributed by atoms with E-state index in [0.29, 0.717) is 10.9 Å². The van der Waals surface area contributed by atoms with Gasteiger partial charge in [0, 0.05) is 23.4 Å². The van der Waals surface area contributed by atoms with Gasteiger partial charge in [-0.25, -0.2) is 0 Å². The normalized spacial score (nSPS) is 12.2. The Balaban J connectivity index is 2.12. The van der Waals surface area contributed by atoms with Gasteiger partial charge < -0.3 is 0 Å². The largest absolute Gasteiger partial charge is 0.416 e. The lowest BCUT2D eigenvalue weighted by atomic mass is 10.0. The van der Waals surface area contributed by atoms with E-state index in [4.69, 9.17) is 0 Å². The van der Waals surface area contributed by atoms with Crippen LogP contribution in [0, 0.1) is 13.8 Å². The quantitative estimate of drug-likeness (QED) is 0.542. The minimum atomic E-state index is -4.46. The summed E-state index contributed by atoms with van der Waals surface area (Å²) >= 11 is 0. The first-order valence-electron chi connectivity index (χ1n) is 8.05. The standard InChI is InChI=1S/C20H17F3N2O/c1-4-24-17-10-12(2)16(9-13(17)3)19(26)25-8-7-14-5-6-15(11-18(14)25)20(21,22)23/h4-11H,1-3H3. The second-order valence-electron chi connectivity index (χ2n) is 6.10. The van der Waals surface area contributed by atoms with Gasteiger partial charge in [-0.2, -0.15) is 13.2 Å². The number of carbonyl (C=O) groups is 1. The van der Waals surface area contributed by atoms with E-state index in [2.05, 4.69) is 4.99 Å². The number of rotatable bonds is 2. The van der Waals surface area contributed by atoms with E-state index in [1.165, 1.54) is 16.8 Å². The lowest BCUT2D eigenvalue weighted by Crippen LogP contribution is -2.13. The lowest BCUT2D eigenvalue weighted by molar-refractivity contribution is -0.137. The maximum absolute atomic E-state index is 13.0. The zero-order valence-corrected chi connectivity index (χ0v) is 14.6. The van der Waals surface area contributed by atoms with Crippen LogP contribution in [0.5, 0.6) is 0 Å². The first-order valence-corrected chi connectivity index (χ1v) is 8.05. The predicted octanol–water partition coefficient (Wildman–Crippen LogP) is 5.69. The molecule has 3 nitrogen and oxygen atoms in total. The number of carbonyl (C=O) groups excluding carboxylic acids is 1. The number of nitrogens with zero attached hydrogens (tertiary/aromatic N) is 2. The number of aliphatic imine (C=N–C) groups is 1. The summed E-state index contributed by atoms with van der Waals surface area (Å²) in [5.74, 6) is -0.369. The SMILES string of the molecule is CC=Nc1cc(C)c(C(=O)n2ccc3ccc(C(F)(F)F)cc32)cc1C. The van der Waals surface area contributed by atoms with Crippen LogP contribution in [0.2, 0.25) is 0 Å². The zero-order valence-electron chi connectivity index (χ0n) is 14.6. The van der Waals surface area contributed by atoms with Gasteiger partial charge in [-0.3, -0.25) is 14.4 Å². The fraction of sp³-hybridized carbons (Fsp3) is 0.200. The number of benzene rings is 2. The fourth-order valence-corrected chi connectivity index (χ4v) is 2.92. The van der Waals surface area contributed by atoms with E-state index in [0.717, 1.165) is 28.9 Å². The molecule has 0 fully saturated rings. The van der Waals surface area contributed by atoms with Gasteiger partial charge in [-0.05, 0) is 62.2 Å². The van der Waals surface area contributed by atoms with Crippen molar-refractivity contribution in [2.24, 2.45) is 4.99 Å². The molecule has 0 radical (unpaired) electrons. The summed E-state index contributed by atoms with van der Waals surface area (Å²) in [6.07, 6.45) is -1.29. The molecule has 0 atom stereocenters. The topological polar surface area (TPSA) is 34.4 Å². The van der Waals surface area contributed by atoms with E-state index >= 15 is 0 Å². The molecule has 134 valence electrons. The number of hydrogen-bond donors (Lipinski definition) is 0. The van der Waals surface area contributed by atoms with Crippen LogP contribution in [0.1, 0.15) is 34.0 Å². The van der Waals surface area contributed by atoms with Gasteiger partial charge in [0.05, 0.1) is 16.8 Å². The average molecular weight is 358 g/mol. The van der Waals surface area contributed by atoms with Crippen molar-refractivity contribution in [1.29, 1.82) is 0 Å². The highest BCUT2D eigenvalue weighted by molar-refractivity contribution is 6.03. The van der Waals surface area contributed by atoms with Crippen LogP contribution in [-0.4, -0.2) is 16.7 Å². The Hall–Kier alpha value is -2.89. The van der Waals surface area contributed by atoms with E-state index in [1.54, 1.807) is 38.3 Å². The zero-order chi connectivity index (χ0) is 19.1. The Kier molecular flexibility index (Phi) is 4.44. The van der Waals surface area contributed by atoms with Crippen molar-refractivity contribution in [3.63, 3.8) is 0 Å². The summed E-state index contributed by atoms with van der Waals surface area (Å²) < 4.78 is 40.3. The van der Waals surface area contributed by atoms with Gasteiger partial charge in [0.25, 0.3) is 5.91 Å². The third-order valence-corrected chi connectivity index (χ3v) is 4.28. The molecule has 1 aromatic heterocycles. The fourth-order valence-electron chi connectivity index (χ4n) is 2.92. The first-order chi connectivity index (χ1) is 12.2. The molecular weight excluding hydrogens is 341 g/mol. The number of fused-ring (bicyclic) bond motifs is 1. The molecule has 0 saturated carbocycles. The molecule has 0 amide bonds. The monoisotopic (exact) mass is 358 g/mol. The van der Waals surface area contributed by atoms with Crippen LogP contribution in [0.4, 0.5) is 18.9 Å². The van der Waals surface area contributed by atoms with Crippen LogP contribution < -0.4 is 0 Å². The van der Waals surface area contributed by atoms with Crippen molar-refractivity contribution in [3.05, 3.63) is 64.8 Å². The molecule has 0 aliphatic rings. The molecule has 1 heterocycles. The van der Waals surface area contributed by atoms with E-state index in [9.17, 15) is 18.0 Å². The molecule has 3 rings (SSSR count). The van der Waals surface area contributed by atoms with Gasteiger partial charge in [0.1, 0.15) is 0 Å². The maximum atomic E-state index is 13.0. The van der Waals surface area contributed by atoms with E-state index in [1.807, 2.05) is 6.92 Å². The molecular formula is C20H17F3N2O. The third kappa shape index (κ3) is 3.14. The van der Waals surface area contributed by atoms with Crippen LogP contribution in [0.3, 0.4) is 0 Å². The Bertz CT molecular complexity index is 1030. The number of hydrogen-bond acceptors (Lipinski definition) is 2. The predicted molar refractivity (Wildman–Crippen MR) is 96.4 cm³/mol. The number of alkyl halides is 3. The molecule has 0 bridgehead atoms. The summed E-state index contributed by atoms with van der Waals surface area (Å²) in [6, 6.07) is 8.55. The van der Waals surface area contributed by atoms with Gasteiger partial charge in [0.2, 0.25) is 0 Å². The molecule has 2 aromatic carbocycles. The molecule has 0 aliphatic carbocycles. The van der Waals surface area contributed by atoms with Crippen LogP contribution in [0.15, 0.2) is 47.6 Å². The minimum absolute atomic E-state index is 0.234. The number of halogens is 3. The lowest BCUT2D eigenvalue weighted by Gasteiger charge is -2.11. The molecule has 6 heteroatoms. The Morgan fingerprint density at radius 3 is 2.46 bits per heavy atom. The van der Waals surface area contributed by atoms with Crippen molar-refractivity contribution < 1.29 is 18.0 Å². The molecule has 3 aromatic rings. The molecule has 0 spiro atoms. The number of aryl methyl sites for hydroxylation is 2. The summed E-state index contributed by atoms with van der Waals surface area (Å²) in [4.78, 5) is 17.2. The van der Waals surface area contributed by atoms with E-state index < -0.39 is 11.7 Å². The number of aromatic nitrogens is 1. The summed E-state index contributed by atoms with van der Waals surface area (Å²) in [5.41, 5.74) is 2.20. The third-order valence-electron chi connectivity index (χ3n) is 4.28. The van der Waals surface area contributed by atoms with Crippen LogP contribution >= 0.6 is 0 Å². The first kappa shape index (κ1) is 17.9. The smallest absolute Gasteiger partial charge is 0.283 e. The van der Waals surface area contributed by atoms with Crippen molar-refractivity contribution in [3.8, 4) is 0 Å². The van der Waals surface area contributed by atoms with Crippen LogP contribution in [-0.2, 0) is 6.18 Å². The maximum Gasteiger partial charge on any atom is 0.416 e. The molecule has 0 saturated heterocycles.